The molecule has 1 atom stereocenters. The minimum absolute atomic E-state index is 0.100. The number of hydrogen-bond acceptors (Lipinski definition) is 3. The van der Waals surface area contributed by atoms with Crippen LogP contribution in [0.5, 0.6) is 0 Å². The lowest BCUT2D eigenvalue weighted by Gasteiger charge is -2.31. The van der Waals surface area contributed by atoms with Crippen molar-refractivity contribution in [3.05, 3.63) is 35.1 Å². The van der Waals surface area contributed by atoms with Crippen LogP contribution in [0.25, 0.3) is 0 Å². The maximum Gasteiger partial charge on any atom is 0.145 e. The first-order chi connectivity index (χ1) is 8.74. The SMILES string of the molecule is N#Cc1cccc(CN2CCCC(CO)C2)c1F. The lowest BCUT2D eigenvalue weighted by Crippen LogP contribution is -2.36. The van der Waals surface area contributed by atoms with E-state index in [0.29, 0.717) is 18.0 Å². The minimum Gasteiger partial charge on any atom is -0.396 e. The fourth-order valence-electron chi connectivity index (χ4n) is 2.47. The van der Waals surface area contributed by atoms with Crippen LogP contribution in [0, 0.1) is 23.1 Å². The van der Waals surface area contributed by atoms with Gasteiger partial charge in [0.1, 0.15) is 11.9 Å². The third kappa shape index (κ3) is 2.87. The molecule has 1 saturated heterocycles. The van der Waals surface area contributed by atoms with Crippen LogP contribution in [0.15, 0.2) is 18.2 Å². The molecule has 4 heteroatoms. The second-order valence-electron chi connectivity index (χ2n) is 4.82. The average molecular weight is 248 g/mol. The maximum atomic E-state index is 13.9. The van der Waals surface area contributed by atoms with Crippen molar-refractivity contribution in [1.29, 1.82) is 5.26 Å². The summed E-state index contributed by atoms with van der Waals surface area (Å²) in [5, 5.41) is 18.0. The van der Waals surface area contributed by atoms with E-state index >= 15 is 0 Å². The van der Waals surface area contributed by atoms with Gasteiger partial charge in [0, 0.05) is 25.3 Å². The Morgan fingerprint density at radius 1 is 1.50 bits per heavy atom. The first-order valence-corrected chi connectivity index (χ1v) is 6.25. The van der Waals surface area contributed by atoms with Gasteiger partial charge in [-0.05, 0) is 31.4 Å². The van der Waals surface area contributed by atoms with Gasteiger partial charge < -0.3 is 5.11 Å². The molecular weight excluding hydrogens is 231 g/mol. The van der Waals surface area contributed by atoms with Crippen LogP contribution in [0.3, 0.4) is 0 Å². The predicted molar refractivity (Wildman–Crippen MR) is 66.2 cm³/mol. The summed E-state index contributed by atoms with van der Waals surface area (Å²) in [5.74, 6) is -0.118. The fraction of sp³-hybridized carbons (Fsp3) is 0.500. The van der Waals surface area contributed by atoms with Crippen molar-refractivity contribution < 1.29 is 9.50 Å². The molecule has 1 aliphatic rings. The van der Waals surface area contributed by atoms with Gasteiger partial charge in [-0.1, -0.05) is 12.1 Å². The number of halogens is 1. The quantitative estimate of drug-likeness (QED) is 0.888. The van der Waals surface area contributed by atoms with Crippen molar-refractivity contribution in [3.63, 3.8) is 0 Å². The van der Waals surface area contributed by atoms with Crippen LogP contribution in [-0.2, 0) is 6.54 Å². The molecule has 1 unspecified atom stereocenters. The molecule has 0 amide bonds. The van der Waals surface area contributed by atoms with E-state index in [9.17, 15) is 4.39 Å². The van der Waals surface area contributed by atoms with Crippen LogP contribution in [0.1, 0.15) is 24.0 Å². The molecule has 1 aromatic rings. The largest absolute Gasteiger partial charge is 0.396 e. The Labute approximate surface area is 106 Å². The normalized spacial score (nSPS) is 20.6. The molecule has 1 fully saturated rings. The number of benzene rings is 1. The molecule has 1 heterocycles. The summed E-state index contributed by atoms with van der Waals surface area (Å²) in [4.78, 5) is 2.14. The topological polar surface area (TPSA) is 47.3 Å². The van der Waals surface area contributed by atoms with Crippen LogP contribution in [0.4, 0.5) is 4.39 Å². The van der Waals surface area contributed by atoms with Crippen molar-refractivity contribution in [2.24, 2.45) is 5.92 Å². The molecule has 1 N–H and O–H groups in total. The van der Waals surface area contributed by atoms with Crippen molar-refractivity contribution in [2.45, 2.75) is 19.4 Å². The van der Waals surface area contributed by atoms with Crippen LogP contribution in [-0.4, -0.2) is 29.7 Å². The van der Waals surface area contributed by atoms with Crippen LogP contribution >= 0.6 is 0 Å². The standard InChI is InChI=1S/C14H17FN2O/c15-14-12(7-16)4-1-5-13(14)9-17-6-2-3-11(8-17)10-18/h1,4-5,11,18H,2-3,6,8-10H2. The number of aliphatic hydroxyl groups excluding tert-OH is 1. The highest BCUT2D eigenvalue weighted by Gasteiger charge is 2.20. The highest BCUT2D eigenvalue weighted by Crippen LogP contribution is 2.20. The molecule has 0 aromatic heterocycles. The maximum absolute atomic E-state index is 13.9. The monoisotopic (exact) mass is 248 g/mol. The molecule has 0 spiro atoms. The molecule has 1 aliphatic heterocycles. The molecule has 2 rings (SSSR count). The molecule has 18 heavy (non-hydrogen) atoms. The second-order valence-corrected chi connectivity index (χ2v) is 4.82. The molecular formula is C14H17FN2O. The molecule has 96 valence electrons. The summed E-state index contributed by atoms with van der Waals surface area (Å²) in [5.41, 5.74) is 0.663. The van der Waals surface area contributed by atoms with E-state index in [1.807, 2.05) is 6.07 Å². The van der Waals surface area contributed by atoms with Gasteiger partial charge in [0.25, 0.3) is 0 Å². The molecule has 0 aliphatic carbocycles. The smallest absolute Gasteiger partial charge is 0.145 e. The first kappa shape index (κ1) is 13.0. The number of nitrogens with zero attached hydrogens (tertiary/aromatic N) is 2. The van der Waals surface area contributed by atoms with Gasteiger partial charge in [0.05, 0.1) is 5.56 Å². The summed E-state index contributed by atoms with van der Waals surface area (Å²) in [6, 6.07) is 6.78. The van der Waals surface area contributed by atoms with Gasteiger partial charge in [-0.3, -0.25) is 4.90 Å². The van der Waals surface area contributed by atoms with Crippen molar-refractivity contribution in [2.75, 3.05) is 19.7 Å². The number of likely N-dealkylation sites (tertiary alicyclic amines) is 1. The number of nitriles is 1. The van der Waals surface area contributed by atoms with Crippen LogP contribution < -0.4 is 0 Å². The number of piperidine rings is 1. The lowest BCUT2D eigenvalue weighted by atomic mass is 9.98. The van der Waals surface area contributed by atoms with Gasteiger partial charge in [0.2, 0.25) is 0 Å². The third-order valence-corrected chi connectivity index (χ3v) is 3.45. The highest BCUT2D eigenvalue weighted by atomic mass is 19.1. The Balaban J connectivity index is 2.07. The number of hydrogen-bond donors (Lipinski definition) is 1. The average Bonchev–Trinajstić information content (AvgIpc) is 2.41. The van der Waals surface area contributed by atoms with Crippen molar-refractivity contribution in [1.82, 2.24) is 4.90 Å². The zero-order chi connectivity index (χ0) is 13.0. The van der Waals surface area contributed by atoms with E-state index in [1.165, 1.54) is 6.07 Å². The summed E-state index contributed by atoms with van der Waals surface area (Å²) < 4.78 is 13.9. The predicted octanol–water partition coefficient (Wildman–Crippen LogP) is 1.90. The second kappa shape index (κ2) is 5.94. The molecule has 1 aromatic carbocycles. The summed E-state index contributed by atoms with van der Waals surface area (Å²) in [7, 11) is 0. The van der Waals surface area contributed by atoms with Gasteiger partial charge in [-0.15, -0.1) is 0 Å². The Kier molecular flexibility index (Phi) is 4.29. The van der Waals surface area contributed by atoms with Crippen molar-refractivity contribution >= 4 is 0 Å². The minimum atomic E-state index is -0.411. The number of rotatable bonds is 3. The van der Waals surface area contributed by atoms with E-state index in [-0.39, 0.29) is 12.2 Å². The third-order valence-electron chi connectivity index (χ3n) is 3.45. The van der Waals surface area contributed by atoms with Gasteiger partial charge in [-0.2, -0.15) is 5.26 Å². The van der Waals surface area contributed by atoms with Crippen LogP contribution in [0.2, 0.25) is 0 Å². The molecule has 3 nitrogen and oxygen atoms in total. The fourth-order valence-corrected chi connectivity index (χ4v) is 2.47. The zero-order valence-corrected chi connectivity index (χ0v) is 10.3. The highest BCUT2D eigenvalue weighted by molar-refractivity contribution is 5.34. The molecule has 0 radical (unpaired) electrons. The summed E-state index contributed by atoms with van der Waals surface area (Å²) in [6.45, 7) is 2.43. The summed E-state index contributed by atoms with van der Waals surface area (Å²) in [6.07, 6.45) is 2.07. The Bertz CT molecular complexity index is 456. The lowest BCUT2D eigenvalue weighted by molar-refractivity contribution is 0.115. The van der Waals surface area contributed by atoms with Gasteiger partial charge >= 0.3 is 0 Å². The van der Waals surface area contributed by atoms with E-state index in [4.69, 9.17) is 10.4 Å². The Morgan fingerprint density at radius 2 is 2.33 bits per heavy atom. The van der Waals surface area contributed by atoms with Crippen molar-refractivity contribution in [3.8, 4) is 6.07 Å². The first-order valence-electron chi connectivity index (χ1n) is 6.25. The molecule has 0 bridgehead atoms. The van der Waals surface area contributed by atoms with E-state index in [0.717, 1.165) is 25.9 Å². The summed E-state index contributed by atoms with van der Waals surface area (Å²) >= 11 is 0. The van der Waals surface area contributed by atoms with E-state index in [2.05, 4.69) is 4.90 Å². The molecule has 0 saturated carbocycles. The number of aliphatic hydroxyl groups is 1. The van der Waals surface area contributed by atoms with Gasteiger partial charge in [-0.25, -0.2) is 4.39 Å². The zero-order valence-electron chi connectivity index (χ0n) is 10.3. The Morgan fingerprint density at radius 3 is 3.06 bits per heavy atom. The Hall–Kier alpha value is -1.44. The van der Waals surface area contributed by atoms with Gasteiger partial charge in [0.15, 0.2) is 0 Å². The van der Waals surface area contributed by atoms with E-state index < -0.39 is 5.82 Å². The van der Waals surface area contributed by atoms with E-state index in [1.54, 1.807) is 12.1 Å².